The van der Waals surface area contributed by atoms with Gasteiger partial charge in [0.1, 0.15) is 0 Å². The molecule has 3 aromatic rings. The van der Waals surface area contributed by atoms with Gasteiger partial charge in [0.05, 0.1) is 12.4 Å². The van der Waals surface area contributed by atoms with Crippen molar-refractivity contribution in [3.8, 4) is 0 Å². The first kappa shape index (κ1) is 11.2. The van der Waals surface area contributed by atoms with Gasteiger partial charge in [-0.05, 0) is 22.3 Å². The maximum atomic E-state index is 4.22. The Bertz CT molecular complexity index is 720. The van der Waals surface area contributed by atoms with Gasteiger partial charge in [-0.2, -0.15) is 0 Å². The van der Waals surface area contributed by atoms with Gasteiger partial charge >= 0.3 is 0 Å². The standard InChI is InChI=1S/C18H14N2/c1-3-7-16-14(5-1)9-10-15-6-2-4-8-17(15)18(16)20-12-11-19-13-20/h1-13,18H. The van der Waals surface area contributed by atoms with Gasteiger partial charge in [-0.15, -0.1) is 0 Å². The molecule has 4 rings (SSSR count). The number of aromatic nitrogens is 2. The van der Waals surface area contributed by atoms with Crippen molar-refractivity contribution in [1.29, 1.82) is 0 Å². The molecule has 0 unspecified atom stereocenters. The van der Waals surface area contributed by atoms with Crippen molar-refractivity contribution in [3.05, 3.63) is 89.5 Å². The van der Waals surface area contributed by atoms with Crippen molar-refractivity contribution in [2.45, 2.75) is 6.04 Å². The first-order valence-corrected chi connectivity index (χ1v) is 6.77. The van der Waals surface area contributed by atoms with Gasteiger partial charge < -0.3 is 4.57 Å². The van der Waals surface area contributed by atoms with E-state index < -0.39 is 0 Å². The minimum atomic E-state index is 0.180. The molecule has 0 saturated heterocycles. The highest BCUT2D eigenvalue weighted by Crippen LogP contribution is 2.35. The second-order valence-electron chi connectivity index (χ2n) is 5.00. The summed E-state index contributed by atoms with van der Waals surface area (Å²) < 4.78 is 2.17. The van der Waals surface area contributed by atoms with Crippen LogP contribution < -0.4 is 0 Å². The lowest BCUT2D eigenvalue weighted by Crippen LogP contribution is -2.12. The molecule has 20 heavy (non-hydrogen) atoms. The molecular weight excluding hydrogens is 244 g/mol. The van der Waals surface area contributed by atoms with E-state index in [1.165, 1.54) is 22.3 Å². The molecule has 0 amide bonds. The van der Waals surface area contributed by atoms with E-state index in [2.05, 4.69) is 70.2 Å². The van der Waals surface area contributed by atoms with Crippen molar-refractivity contribution in [2.75, 3.05) is 0 Å². The van der Waals surface area contributed by atoms with Crippen molar-refractivity contribution in [3.63, 3.8) is 0 Å². The molecule has 2 nitrogen and oxygen atoms in total. The molecule has 0 fully saturated rings. The van der Waals surface area contributed by atoms with Crippen molar-refractivity contribution in [1.82, 2.24) is 9.55 Å². The summed E-state index contributed by atoms with van der Waals surface area (Å²) in [6.45, 7) is 0. The normalized spacial score (nSPS) is 13.6. The summed E-state index contributed by atoms with van der Waals surface area (Å²) in [7, 11) is 0. The third-order valence-corrected chi connectivity index (χ3v) is 3.85. The van der Waals surface area contributed by atoms with E-state index in [1.54, 1.807) is 0 Å². The van der Waals surface area contributed by atoms with Crippen LogP contribution in [0, 0.1) is 0 Å². The highest BCUT2D eigenvalue weighted by molar-refractivity contribution is 5.76. The first-order chi connectivity index (χ1) is 9.93. The maximum Gasteiger partial charge on any atom is 0.0954 e. The summed E-state index contributed by atoms with van der Waals surface area (Å²) in [5.74, 6) is 0. The van der Waals surface area contributed by atoms with Crippen LogP contribution in [0.5, 0.6) is 0 Å². The van der Waals surface area contributed by atoms with Crippen LogP contribution in [0.2, 0.25) is 0 Å². The Morgan fingerprint density at radius 2 is 1.40 bits per heavy atom. The molecule has 1 aromatic heterocycles. The van der Waals surface area contributed by atoms with Crippen LogP contribution >= 0.6 is 0 Å². The fourth-order valence-corrected chi connectivity index (χ4v) is 2.91. The zero-order chi connectivity index (χ0) is 13.4. The Balaban J connectivity index is 2.03. The van der Waals surface area contributed by atoms with Crippen LogP contribution in [0.3, 0.4) is 0 Å². The zero-order valence-corrected chi connectivity index (χ0v) is 11.0. The van der Waals surface area contributed by atoms with Gasteiger partial charge in [0, 0.05) is 12.4 Å². The number of benzene rings is 2. The van der Waals surface area contributed by atoms with Crippen LogP contribution in [0.4, 0.5) is 0 Å². The van der Waals surface area contributed by atoms with Crippen molar-refractivity contribution >= 4 is 12.2 Å². The molecule has 0 saturated carbocycles. The first-order valence-electron chi connectivity index (χ1n) is 6.77. The number of imidazole rings is 1. The summed E-state index contributed by atoms with van der Waals surface area (Å²) in [4.78, 5) is 4.22. The molecule has 96 valence electrons. The predicted molar refractivity (Wildman–Crippen MR) is 81.3 cm³/mol. The maximum absolute atomic E-state index is 4.22. The lowest BCUT2D eigenvalue weighted by molar-refractivity contribution is 0.675. The van der Waals surface area contributed by atoms with E-state index in [9.17, 15) is 0 Å². The average Bonchev–Trinajstić information content (AvgIpc) is 2.96. The summed E-state index contributed by atoms with van der Waals surface area (Å²) in [5.41, 5.74) is 5.16. The molecule has 2 aromatic carbocycles. The second kappa shape index (κ2) is 4.49. The third-order valence-electron chi connectivity index (χ3n) is 3.85. The summed E-state index contributed by atoms with van der Waals surface area (Å²) in [6, 6.07) is 17.3. The molecule has 0 spiro atoms. The summed E-state index contributed by atoms with van der Waals surface area (Å²) in [5, 5.41) is 0. The molecule has 1 aliphatic rings. The zero-order valence-electron chi connectivity index (χ0n) is 11.0. The lowest BCUT2D eigenvalue weighted by Gasteiger charge is -2.21. The molecular formula is C18H14N2. The van der Waals surface area contributed by atoms with Gasteiger partial charge in [0.25, 0.3) is 0 Å². The predicted octanol–water partition coefficient (Wildman–Crippen LogP) is 4.00. The monoisotopic (exact) mass is 258 g/mol. The molecule has 2 heteroatoms. The Kier molecular flexibility index (Phi) is 2.52. The van der Waals surface area contributed by atoms with Crippen LogP contribution in [0.25, 0.3) is 12.2 Å². The Labute approximate surface area is 118 Å². The highest BCUT2D eigenvalue weighted by Gasteiger charge is 2.21. The molecule has 1 heterocycles. The summed E-state index contributed by atoms with van der Waals surface area (Å²) in [6.07, 6.45) is 10.2. The molecule has 0 N–H and O–H groups in total. The number of hydrogen-bond acceptors (Lipinski definition) is 1. The number of nitrogens with zero attached hydrogens (tertiary/aromatic N) is 2. The summed E-state index contributed by atoms with van der Waals surface area (Å²) >= 11 is 0. The Morgan fingerprint density at radius 3 is 1.95 bits per heavy atom. The van der Waals surface area contributed by atoms with Crippen LogP contribution in [-0.2, 0) is 0 Å². The van der Waals surface area contributed by atoms with Crippen molar-refractivity contribution in [2.24, 2.45) is 0 Å². The molecule has 0 radical (unpaired) electrons. The molecule has 0 bridgehead atoms. The molecule has 1 aliphatic carbocycles. The topological polar surface area (TPSA) is 17.8 Å². The van der Waals surface area contributed by atoms with Gasteiger partial charge in [0.15, 0.2) is 0 Å². The average molecular weight is 258 g/mol. The minimum absolute atomic E-state index is 0.180. The third kappa shape index (κ3) is 1.69. The van der Waals surface area contributed by atoms with Gasteiger partial charge in [-0.25, -0.2) is 4.98 Å². The van der Waals surface area contributed by atoms with E-state index in [1.807, 2.05) is 18.7 Å². The van der Waals surface area contributed by atoms with E-state index >= 15 is 0 Å². The van der Waals surface area contributed by atoms with Gasteiger partial charge in [-0.1, -0.05) is 60.7 Å². The fraction of sp³-hybridized carbons (Fsp3) is 0.0556. The van der Waals surface area contributed by atoms with E-state index in [0.29, 0.717) is 0 Å². The quantitative estimate of drug-likeness (QED) is 0.504. The minimum Gasteiger partial charge on any atom is -0.326 e. The smallest absolute Gasteiger partial charge is 0.0954 e. The van der Waals surface area contributed by atoms with Crippen LogP contribution in [-0.4, -0.2) is 9.55 Å². The van der Waals surface area contributed by atoms with Crippen molar-refractivity contribution < 1.29 is 0 Å². The number of rotatable bonds is 1. The lowest BCUT2D eigenvalue weighted by atomic mass is 9.94. The molecule has 0 aliphatic heterocycles. The Morgan fingerprint density at radius 1 is 0.800 bits per heavy atom. The number of fused-ring (bicyclic) bond motifs is 2. The second-order valence-corrected chi connectivity index (χ2v) is 5.00. The SMILES string of the molecule is C1=Cc2ccccc2C(n2ccnc2)c2ccccc21. The van der Waals surface area contributed by atoms with E-state index in [4.69, 9.17) is 0 Å². The van der Waals surface area contributed by atoms with E-state index in [-0.39, 0.29) is 6.04 Å². The van der Waals surface area contributed by atoms with E-state index in [0.717, 1.165) is 0 Å². The number of hydrogen-bond donors (Lipinski definition) is 0. The highest BCUT2D eigenvalue weighted by atomic mass is 15.1. The Hall–Kier alpha value is -2.61. The van der Waals surface area contributed by atoms with Gasteiger partial charge in [0.2, 0.25) is 0 Å². The van der Waals surface area contributed by atoms with Gasteiger partial charge in [-0.3, -0.25) is 0 Å². The largest absolute Gasteiger partial charge is 0.326 e. The molecule has 0 atom stereocenters. The fourth-order valence-electron chi connectivity index (χ4n) is 2.91. The van der Waals surface area contributed by atoms with Crippen LogP contribution in [0.1, 0.15) is 28.3 Å². The van der Waals surface area contributed by atoms with Crippen LogP contribution in [0.15, 0.2) is 67.3 Å².